The summed E-state index contributed by atoms with van der Waals surface area (Å²) in [6.45, 7) is 0. The average Bonchev–Trinajstić information content (AvgIpc) is 2.67. The first kappa shape index (κ1) is 9.46. The first-order chi connectivity index (χ1) is 7.77. The van der Waals surface area contributed by atoms with Crippen molar-refractivity contribution in [2.75, 3.05) is 19.0 Å². The van der Waals surface area contributed by atoms with Crippen molar-refractivity contribution >= 4 is 5.69 Å². The lowest BCUT2D eigenvalue weighted by Crippen LogP contribution is -2.10. The molecule has 0 fully saturated rings. The second kappa shape index (κ2) is 3.38. The van der Waals surface area contributed by atoms with E-state index < -0.39 is 0 Å². The third-order valence-electron chi connectivity index (χ3n) is 3.12. The van der Waals surface area contributed by atoms with Crippen LogP contribution in [0.5, 0.6) is 0 Å². The van der Waals surface area contributed by atoms with Gasteiger partial charge in [0, 0.05) is 26.2 Å². The number of fused-ring (bicyclic) bond motifs is 3. The predicted octanol–water partition coefficient (Wildman–Crippen LogP) is 3.33. The monoisotopic (exact) mass is 208 g/mol. The third kappa shape index (κ3) is 1.25. The van der Waals surface area contributed by atoms with Gasteiger partial charge in [0.25, 0.3) is 0 Å². The molecule has 2 aromatic carbocycles. The second-order valence-electron chi connectivity index (χ2n) is 4.36. The largest absolute Gasteiger partial charge is 0.377 e. The van der Waals surface area contributed by atoms with Crippen molar-refractivity contribution in [1.29, 1.82) is 0 Å². The van der Waals surface area contributed by atoms with Gasteiger partial charge in [0.15, 0.2) is 0 Å². The minimum atomic E-state index is 1.29. The van der Waals surface area contributed by atoms with E-state index in [4.69, 9.17) is 0 Å². The smallest absolute Gasteiger partial charge is 0.0406 e. The second-order valence-corrected chi connectivity index (χ2v) is 4.36. The van der Waals surface area contributed by atoms with Crippen molar-refractivity contribution in [2.24, 2.45) is 0 Å². The van der Waals surface area contributed by atoms with Gasteiger partial charge in [-0.25, -0.2) is 0 Å². The summed E-state index contributed by atoms with van der Waals surface area (Å²) in [6, 6.07) is 15.1. The molecule has 79 valence electrons. The molecule has 0 spiro atoms. The van der Waals surface area contributed by atoms with Crippen molar-refractivity contribution in [3.05, 3.63) is 60.0 Å². The van der Waals surface area contributed by atoms with Crippen molar-refractivity contribution in [3.63, 3.8) is 0 Å². The van der Waals surface area contributed by atoms with Crippen LogP contribution in [0.2, 0.25) is 0 Å². The Morgan fingerprint density at radius 1 is 0.812 bits per heavy atom. The molecule has 0 aromatic heterocycles. The number of nitrogens with zero attached hydrogens (tertiary/aromatic N) is 1. The third-order valence-corrected chi connectivity index (χ3v) is 3.12. The molecular weight excluding hydrogens is 194 g/mol. The van der Waals surface area contributed by atoms with E-state index in [0.717, 1.165) is 0 Å². The summed E-state index contributed by atoms with van der Waals surface area (Å²) in [5.41, 5.74) is 6.65. The van der Waals surface area contributed by atoms with Crippen LogP contribution in [0.1, 0.15) is 11.1 Å². The van der Waals surface area contributed by atoms with E-state index in [0.29, 0.717) is 0 Å². The van der Waals surface area contributed by atoms with E-state index in [-0.39, 0.29) is 0 Å². The standard InChI is InChI=1S/C15H14N/c1-16(2)15-9-5-8-13-12-7-4-3-6-11(12)10-14(13)15/h3-10H,1-2H3. The lowest BCUT2D eigenvalue weighted by Gasteiger charge is -2.16. The predicted molar refractivity (Wildman–Crippen MR) is 68.7 cm³/mol. The number of anilines is 1. The number of rotatable bonds is 1. The van der Waals surface area contributed by atoms with Crippen LogP contribution in [0.25, 0.3) is 11.1 Å². The Kier molecular flexibility index (Phi) is 2.00. The fourth-order valence-electron chi connectivity index (χ4n) is 2.35. The summed E-state index contributed by atoms with van der Waals surface area (Å²) in [5, 5.41) is 0. The van der Waals surface area contributed by atoms with Crippen LogP contribution in [0, 0.1) is 6.42 Å². The molecule has 1 radical (unpaired) electrons. The highest BCUT2D eigenvalue weighted by Crippen LogP contribution is 2.41. The Bertz CT molecular complexity index is 541. The zero-order valence-electron chi connectivity index (χ0n) is 9.57. The normalized spacial score (nSPS) is 12.1. The number of hydrogen-bond donors (Lipinski definition) is 0. The van der Waals surface area contributed by atoms with E-state index in [1.807, 2.05) is 0 Å². The molecular formula is C15H14N. The van der Waals surface area contributed by atoms with E-state index in [1.165, 1.54) is 27.9 Å². The van der Waals surface area contributed by atoms with Gasteiger partial charge in [-0.3, -0.25) is 0 Å². The highest BCUT2D eigenvalue weighted by atomic mass is 15.1. The molecule has 1 nitrogen and oxygen atoms in total. The van der Waals surface area contributed by atoms with E-state index in [2.05, 4.69) is 67.9 Å². The molecule has 0 atom stereocenters. The molecule has 2 aromatic rings. The van der Waals surface area contributed by atoms with Gasteiger partial charge in [-0.05, 0) is 28.3 Å². The van der Waals surface area contributed by atoms with Crippen LogP contribution in [0.4, 0.5) is 5.69 Å². The molecule has 0 saturated heterocycles. The van der Waals surface area contributed by atoms with Gasteiger partial charge in [-0.15, -0.1) is 0 Å². The summed E-state index contributed by atoms with van der Waals surface area (Å²) in [4.78, 5) is 2.17. The first-order valence-electron chi connectivity index (χ1n) is 5.52. The van der Waals surface area contributed by atoms with Crippen LogP contribution in [0.3, 0.4) is 0 Å². The maximum absolute atomic E-state index is 2.28. The molecule has 1 heteroatoms. The minimum Gasteiger partial charge on any atom is -0.377 e. The van der Waals surface area contributed by atoms with Crippen molar-refractivity contribution in [2.45, 2.75) is 0 Å². The quantitative estimate of drug-likeness (QED) is 0.593. The van der Waals surface area contributed by atoms with Crippen LogP contribution in [-0.4, -0.2) is 14.1 Å². The SMILES string of the molecule is CN(C)c1cccc2c1[CH]c1ccccc1-2. The molecule has 0 amide bonds. The van der Waals surface area contributed by atoms with Gasteiger partial charge in [0.2, 0.25) is 0 Å². The summed E-state index contributed by atoms with van der Waals surface area (Å²) in [5.74, 6) is 0. The molecule has 0 aliphatic heterocycles. The fourth-order valence-corrected chi connectivity index (χ4v) is 2.35. The van der Waals surface area contributed by atoms with Crippen molar-refractivity contribution in [3.8, 4) is 11.1 Å². The highest BCUT2D eigenvalue weighted by Gasteiger charge is 2.21. The average molecular weight is 208 g/mol. The van der Waals surface area contributed by atoms with Crippen LogP contribution >= 0.6 is 0 Å². The maximum atomic E-state index is 2.28. The molecule has 0 bridgehead atoms. The van der Waals surface area contributed by atoms with E-state index in [1.54, 1.807) is 0 Å². The van der Waals surface area contributed by atoms with Crippen LogP contribution < -0.4 is 4.90 Å². The Labute approximate surface area is 96.3 Å². The van der Waals surface area contributed by atoms with Gasteiger partial charge in [0.1, 0.15) is 0 Å². The van der Waals surface area contributed by atoms with E-state index in [9.17, 15) is 0 Å². The molecule has 16 heavy (non-hydrogen) atoms. The summed E-state index contributed by atoms with van der Waals surface area (Å²) in [6.07, 6.45) is 2.28. The summed E-state index contributed by atoms with van der Waals surface area (Å²) >= 11 is 0. The van der Waals surface area contributed by atoms with Gasteiger partial charge < -0.3 is 4.90 Å². The Balaban J connectivity index is 2.24. The summed E-state index contributed by atoms with van der Waals surface area (Å²) < 4.78 is 0. The molecule has 0 N–H and O–H groups in total. The van der Waals surface area contributed by atoms with Crippen molar-refractivity contribution < 1.29 is 0 Å². The minimum absolute atomic E-state index is 1.29. The Hall–Kier alpha value is -1.76. The molecule has 0 heterocycles. The zero-order chi connectivity index (χ0) is 11.1. The number of benzene rings is 2. The lowest BCUT2D eigenvalue weighted by molar-refractivity contribution is 1.12. The van der Waals surface area contributed by atoms with Gasteiger partial charge in [-0.2, -0.15) is 0 Å². The van der Waals surface area contributed by atoms with Gasteiger partial charge >= 0.3 is 0 Å². The van der Waals surface area contributed by atoms with Crippen LogP contribution in [-0.2, 0) is 0 Å². The lowest BCUT2D eigenvalue weighted by atomic mass is 10.0. The van der Waals surface area contributed by atoms with Gasteiger partial charge in [-0.1, -0.05) is 36.4 Å². The molecule has 0 saturated carbocycles. The van der Waals surface area contributed by atoms with Crippen LogP contribution in [0.15, 0.2) is 42.5 Å². The maximum Gasteiger partial charge on any atom is 0.0406 e. The zero-order valence-corrected chi connectivity index (χ0v) is 9.57. The molecule has 1 aliphatic rings. The van der Waals surface area contributed by atoms with E-state index >= 15 is 0 Å². The molecule has 0 unspecified atom stereocenters. The Morgan fingerprint density at radius 3 is 2.38 bits per heavy atom. The molecule has 1 aliphatic carbocycles. The molecule has 3 rings (SSSR count). The van der Waals surface area contributed by atoms with Gasteiger partial charge in [0.05, 0.1) is 0 Å². The number of hydrogen-bond acceptors (Lipinski definition) is 1. The highest BCUT2D eigenvalue weighted by molar-refractivity contribution is 5.86. The topological polar surface area (TPSA) is 3.24 Å². The fraction of sp³-hybridized carbons (Fsp3) is 0.133. The first-order valence-corrected chi connectivity index (χ1v) is 5.52. The van der Waals surface area contributed by atoms with Crippen molar-refractivity contribution in [1.82, 2.24) is 0 Å². The Morgan fingerprint density at radius 2 is 1.56 bits per heavy atom. The summed E-state index contributed by atoms with van der Waals surface area (Å²) in [7, 11) is 4.18.